The van der Waals surface area contributed by atoms with Crippen LogP contribution in [-0.4, -0.2) is 42.3 Å². The summed E-state index contributed by atoms with van der Waals surface area (Å²) in [6.07, 6.45) is 0.865. The highest BCUT2D eigenvalue weighted by molar-refractivity contribution is 5.68. The predicted molar refractivity (Wildman–Crippen MR) is 58.7 cm³/mol. The largest absolute Gasteiger partial charge is 0.444 e. The number of nitrogens with two attached hydrogens (primary N) is 1. The molecule has 1 rings (SSSR count). The van der Waals surface area contributed by atoms with Crippen LogP contribution in [0.4, 0.5) is 4.79 Å². The van der Waals surface area contributed by atoms with Crippen LogP contribution in [0.2, 0.25) is 0 Å². The van der Waals surface area contributed by atoms with Crippen LogP contribution >= 0.6 is 0 Å². The molecule has 0 spiro atoms. The standard InChI is InChI=1S/C11H22N2O2/c1-9-5-7-13(8-6-12-9)10(14)15-11(2,3)4/h9,12H,5-8H2,1-4H3/p+1/t9-/m1/s1. The number of quaternary nitrogens is 1. The molecule has 0 saturated carbocycles. The van der Waals surface area contributed by atoms with Crippen LogP contribution in [0.1, 0.15) is 34.1 Å². The lowest BCUT2D eigenvalue weighted by molar-refractivity contribution is -0.682. The minimum Gasteiger partial charge on any atom is -0.444 e. The Morgan fingerprint density at radius 2 is 2.07 bits per heavy atom. The minimum atomic E-state index is -0.390. The third kappa shape index (κ3) is 4.51. The molecule has 88 valence electrons. The Labute approximate surface area is 92.0 Å². The number of carbonyl (C=O) groups excluding carboxylic acids is 1. The van der Waals surface area contributed by atoms with Gasteiger partial charge in [0.15, 0.2) is 0 Å². The van der Waals surface area contributed by atoms with Gasteiger partial charge in [0.1, 0.15) is 5.60 Å². The number of carbonyl (C=O) groups is 1. The average Bonchev–Trinajstić information content (AvgIpc) is 2.26. The summed E-state index contributed by atoms with van der Waals surface area (Å²) in [6, 6.07) is 0.609. The quantitative estimate of drug-likeness (QED) is 0.642. The summed E-state index contributed by atoms with van der Waals surface area (Å²) < 4.78 is 5.34. The zero-order chi connectivity index (χ0) is 11.5. The van der Waals surface area contributed by atoms with Crippen LogP contribution in [0, 0.1) is 0 Å². The molecule has 1 fully saturated rings. The third-order valence-corrected chi connectivity index (χ3v) is 2.47. The molecule has 15 heavy (non-hydrogen) atoms. The van der Waals surface area contributed by atoms with Crippen LogP contribution in [0.5, 0.6) is 0 Å². The number of nitrogens with zero attached hydrogens (tertiary/aromatic N) is 1. The predicted octanol–water partition coefficient (Wildman–Crippen LogP) is 0.579. The van der Waals surface area contributed by atoms with Crippen molar-refractivity contribution in [2.45, 2.75) is 45.8 Å². The van der Waals surface area contributed by atoms with Crippen LogP contribution in [-0.2, 0) is 4.74 Å². The normalized spacial score (nSPS) is 23.5. The molecule has 0 aromatic rings. The van der Waals surface area contributed by atoms with E-state index in [2.05, 4.69) is 12.2 Å². The smallest absolute Gasteiger partial charge is 0.410 e. The maximum Gasteiger partial charge on any atom is 0.410 e. The van der Waals surface area contributed by atoms with Crippen LogP contribution in [0.3, 0.4) is 0 Å². The molecule has 1 aliphatic heterocycles. The van der Waals surface area contributed by atoms with Gasteiger partial charge in [-0.15, -0.1) is 0 Å². The number of rotatable bonds is 0. The number of hydrogen-bond acceptors (Lipinski definition) is 2. The Morgan fingerprint density at radius 1 is 1.40 bits per heavy atom. The SMILES string of the molecule is C[C@@H]1CCN(C(=O)OC(C)(C)C)CC[NH2+]1. The van der Waals surface area contributed by atoms with Crippen molar-refractivity contribution in [2.24, 2.45) is 0 Å². The van der Waals surface area contributed by atoms with Crippen molar-refractivity contribution in [1.29, 1.82) is 0 Å². The van der Waals surface area contributed by atoms with Crippen molar-refractivity contribution in [1.82, 2.24) is 4.90 Å². The van der Waals surface area contributed by atoms with Gasteiger partial charge in [0.05, 0.1) is 19.1 Å². The topological polar surface area (TPSA) is 46.2 Å². The van der Waals surface area contributed by atoms with E-state index >= 15 is 0 Å². The van der Waals surface area contributed by atoms with Gasteiger partial charge in [-0.3, -0.25) is 0 Å². The van der Waals surface area contributed by atoms with Gasteiger partial charge in [-0.1, -0.05) is 0 Å². The van der Waals surface area contributed by atoms with E-state index in [1.807, 2.05) is 25.7 Å². The number of hydrogen-bond donors (Lipinski definition) is 1. The fourth-order valence-electron chi connectivity index (χ4n) is 1.61. The van der Waals surface area contributed by atoms with Crippen molar-refractivity contribution in [3.8, 4) is 0 Å². The lowest BCUT2D eigenvalue weighted by Gasteiger charge is -2.25. The average molecular weight is 215 g/mol. The molecule has 0 aromatic heterocycles. The summed E-state index contributed by atoms with van der Waals surface area (Å²) in [4.78, 5) is 13.6. The lowest BCUT2D eigenvalue weighted by Crippen LogP contribution is -2.89. The molecular weight excluding hydrogens is 192 g/mol. The van der Waals surface area contributed by atoms with E-state index in [0.29, 0.717) is 6.04 Å². The molecule has 0 aliphatic carbocycles. The fraction of sp³-hybridized carbons (Fsp3) is 0.909. The second-order valence-electron chi connectivity index (χ2n) is 5.26. The molecule has 0 aromatic carbocycles. The first-order valence-electron chi connectivity index (χ1n) is 5.70. The maximum absolute atomic E-state index is 11.8. The number of ether oxygens (including phenoxy) is 1. The van der Waals surface area contributed by atoms with Crippen molar-refractivity contribution in [3.05, 3.63) is 0 Å². The van der Waals surface area contributed by atoms with E-state index in [-0.39, 0.29) is 6.09 Å². The molecule has 1 saturated heterocycles. The van der Waals surface area contributed by atoms with Gasteiger partial charge < -0.3 is 15.0 Å². The number of amides is 1. The highest BCUT2D eigenvalue weighted by atomic mass is 16.6. The van der Waals surface area contributed by atoms with Gasteiger partial charge in [0.2, 0.25) is 0 Å². The van der Waals surface area contributed by atoms with Gasteiger partial charge in [-0.25, -0.2) is 4.79 Å². The molecule has 1 heterocycles. The van der Waals surface area contributed by atoms with Gasteiger partial charge in [-0.2, -0.15) is 0 Å². The molecule has 4 heteroatoms. The molecule has 0 unspecified atom stereocenters. The first-order valence-corrected chi connectivity index (χ1v) is 5.70. The van der Waals surface area contributed by atoms with Gasteiger partial charge in [0, 0.05) is 13.0 Å². The van der Waals surface area contributed by atoms with E-state index in [1.165, 1.54) is 0 Å². The molecule has 0 bridgehead atoms. The Balaban J connectivity index is 2.45. The Kier molecular flexibility index (Phi) is 3.97. The summed E-state index contributed by atoms with van der Waals surface area (Å²) in [6.45, 7) is 10.5. The zero-order valence-corrected chi connectivity index (χ0v) is 10.2. The summed E-state index contributed by atoms with van der Waals surface area (Å²) in [5, 5.41) is 2.28. The van der Waals surface area contributed by atoms with E-state index < -0.39 is 5.60 Å². The summed E-state index contributed by atoms with van der Waals surface area (Å²) >= 11 is 0. The van der Waals surface area contributed by atoms with Crippen molar-refractivity contribution in [3.63, 3.8) is 0 Å². The van der Waals surface area contributed by atoms with Crippen LogP contribution in [0.15, 0.2) is 0 Å². The van der Waals surface area contributed by atoms with E-state index in [4.69, 9.17) is 4.74 Å². The summed E-state index contributed by atoms with van der Waals surface area (Å²) in [5.41, 5.74) is -0.390. The van der Waals surface area contributed by atoms with Gasteiger partial charge in [-0.05, 0) is 27.7 Å². The zero-order valence-electron chi connectivity index (χ0n) is 10.2. The second-order valence-corrected chi connectivity index (χ2v) is 5.26. The molecule has 0 radical (unpaired) electrons. The van der Waals surface area contributed by atoms with E-state index in [0.717, 1.165) is 26.1 Å². The van der Waals surface area contributed by atoms with Crippen molar-refractivity contribution in [2.75, 3.05) is 19.6 Å². The van der Waals surface area contributed by atoms with Gasteiger partial charge in [0.25, 0.3) is 0 Å². The molecule has 2 N–H and O–H groups in total. The third-order valence-electron chi connectivity index (χ3n) is 2.47. The minimum absolute atomic E-state index is 0.176. The van der Waals surface area contributed by atoms with Crippen LogP contribution < -0.4 is 5.32 Å². The molecule has 4 nitrogen and oxygen atoms in total. The van der Waals surface area contributed by atoms with Crippen molar-refractivity contribution >= 4 is 6.09 Å². The Bertz CT molecular complexity index is 223. The fourth-order valence-corrected chi connectivity index (χ4v) is 1.61. The van der Waals surface area contributed by atoms with E-state index in [9.17, 15) is 4.79 Å². The second kappa shape index (κ2) is 4.84. The highest BCUT2D eigenvalue weighted by Crippen LogP contribution is 2.10. The Hall–Kier alpha value is -0.770. The summed E-state index contributed by atoms with van der Waals surface area (Å²) in [7, 11) is 0. The lowest BCUT2D eigenvalue weighted by atomic mass is 10.2. The summed E-state index contributed by atoms with van der Waals surface area (Å²) in [5.74, 6) is 0. The first kappa shape index (κ1) is 12.3. The molecular formula is C11H23N2O2+. The van der Waals surface area contributed by atoms with Gasteiger partial charge >= 0.3 is 6.09 Å². The Morgan fingerprint density at radius 3 is 2.67 bits per heavy atom. The maximum atomic E-state index is 11.8. The molecule has 1 amide bonds. The monoisotopic (exact) mass is 215 g/mol. The highest BCUT2D eigenvalue weighted by Gasteiger charge is 2.24. The molecule has 1 atom stereocenters. The van der Waals surface area contributed by atoms with E-state index in [1.54, 1.807) is 0 Å². The molecule has 1 aliphatic rings. The van der Waals surface area contributed by atoms with Crippen LogP contribution in [0.25, 0.3) is 0 Å². The first-order chi connectivity index (χ1) is 6.88. The van der Waals surface area contributed by atoms with Crippen molar-refractivity contribution < 1.29 is 14.8 Å².